The standard InChI is InChI=1S/C12H16N4S2/c1-4-13-12-10(15-16-18-12)7-17-11-6-8(2)5-9(3)14-11/h5-6,13H,4,7H2,1-3H3. The molecule has 0 saturated carbocycles. The first kappa shape index (κ1) is 13.3. The summed E-state index contributed by atoms with van der Waals surface area (Å²) in [6, 6.07) is 4.18. The summed E-state index contributed by atoms with van der Waals surface area (Å²) < 4.78 is 3.98. The molecule has 0 saturated heterocycles. The van der Waals surface area contributed by atoms with Gasteiger partial charge in [0.1, 0.15) is 10.7 Å². The van der Waals surface area contributed by atoms with Gasteiger partial charge in [0.15, 0.2) is 0 Å². The molecule has 1 N–H and O–H groups in total. The Morgan fingerprint density at radius 2 is 2.17 bits per heavy atom. The number of hydrogen-bond acceptors (Lipinski definition) is 6. The van der Waals surface area contributed by atoms with Crippen LogP contribution in [0.25, 0.3) is 0 Å². The lowest BCUT2D eigenvalue weighted by atomic mass is 10.3. The number of hydrogen-bond donors (Lipinski definition) is 1. The van der Waals surface area contributed by atoms with Crippen molar-refractivity contribution in [1.82, 2.24) is 14.6 Å². The van der Waals surface area contributed by atoms with E-state index in [1.807, 2.05) is 6.92 Å². The molecule has 0 aliphatic heterocycles. The molecule has 96 valence electrons. The Bertz CT molecular complexity index is 504. The van der Waals surface area contributed by atoms with Crippen LogP contribution < -0.4 is 5.32 Å². The lowest BCUT2D eigenvalue weighted by Crippen LogP contribution is -1.97. The normalized spacial score (nSPS) is 10.6. The summed E-state index contributed by atoms with van der Waals surface area (Å²) in [5, 5.41) is 9.54. The van der Waals surface area contributed by atoms with Crippen LogP contribution in [0.15, 0.2) is 17.2 Å². The van der Waals surface area contributed by atoms with E-state index in [4.69, 9.17) is 0 Å². The average molecular weight is 280 g/mol. The van der Waals surface area contributed by atoms with Gasteiger partial charge in [-0.15, -0.1) is 5.10 Å². The zero-order valence-electron chi connectivity index (χ0n) is 10.7. The minimum atomic E-state index is 0.800. The SMILES string of the molecule is CCNc1snnc1CSc1cc(C)cc(C)n1. The fraction of sp³-hybridized carbons (Fsp3) is 0.417. The molecule has 0 radical (unpaired) electrons. The molecule has 2 aromatic heterocycles. The highest BCUT2D eigenvalue weighted by atomic mass is 32.2. The molecule has 2 rings (SSSR count). The number of pyridine rings is 1. The van der Waals surface area contributed by atoms with Gasteiger partial charge in [-0.05, 0) is 38.5 Å². The predicted molar refractivity (Wildman–Crippen MR) is 77.3 cm³/mol. The Labute approximate surface area is 115 Å². The number of thioether (sulfide) groups is 1. The van der Waals surface area contributed by atoms with Crippen molar-refractivity contribution in [1.29, 1.82) is 0 Å². The quantitative estimate of drug-likeness (QED) is 0.852. The van der Waals surface area contributed by atoms with Gasteiger partial charge in [0.05, 0.1) is 5.03 Å². The van der Waals surface area contributed by atoms with E-state index in [9.17, 15) is 0 Å². The van der Waals surface area contributed by atoms with E-state index in [1.165, 1.54) is 17.1 Å². The number of anilines is 1. The third kappa shape index (κ3) is 3.43. The van der Waals surface area contributed by atoms with E-state index in [0.29, 0.717) is 0 Å². The maximum atomic E-state index is 4.51. The van der Waals surface area contributed by atoms with Gasteiger partial charge in [-0.25, -0.2) is 4.98 Å². The summed E-state index contributed by atoms with van der Waals surface area (Å²) in [7, 11) is 0. The molecule has 0 amide bonds. The van der Waals surface area contributed by atoms with Gasteiger partial charge in [0.25, 0.3) is 0 Å². The van der Waals surface area contributed by atoms with Gasteiger partial charge in [-0.3, -0.25) is 0 Å². The molecule has 0 bridgehead atoms. The Morgan fingerprint density at radius 3 is 2.89 bits per heavy atom. The van der Waals surface area contributed by atoms with Gasteiger partial charge in [0, 0.05) is 29.5 Å². The second-order valence-corrected chi connectivity index (χ2v) is 5.74. The molecular weight excluding hydrogens is 264 g/mol. The van der Waals surface area contributed by atoms with Crippen LogP contribution in [0.1, 0.15) is 23.9 Å². The topological polar surface area (TPSA) is 50.7 Å². The molecule has 0 unspecified atom stereocenters. The van der Waals surface area contributed by atoms with Crippen molar-refractivity contribution in [3.8, 4) is 0 Å². The zero-order chi connectivity index (χ0) is 13.0. The zero-order valence-corrected chi connectivity index (χ0v) is 12.4. The van der Waals surface area contributed by atoms with Crippen molar-refractivity contribution < 1.29 is 0 Å². The lowest BCUT2D eigenvalue weighted by Gasteiger charge is -2.04. The highest BCUT2D eigenvalue weighted by Crippen LogP contribution is 2.26. The smallest absolute Gasteiger partial charge is 0.134 e. The van der Waals surface area contributed by atoms with Gasteiger partial charge in [-0.2, -0.15) is 0 Å². The van der Waals surface area contributed by atoms with E-state index < -0.39 is 0 Å². The summed E-state index contributed by atoms with van der Waals surface area (Å²) in [5.74, 6) is 0.800. The maximum absolute atomic E-state index is 4.51. The average Bonchev–Trinajstić information content (AvgIpc) is 2.73. The Kier molecular flexibility index (Phi) is 4.54. The molecule has 18 heavy (non-hydrogen) atoms. The monoisotopic (exact) mass is 280 g/mol. The second kappa shape index (κ2) is 6.15. The molecule has 2 heterocycles. The number of aryl methyl sites for hydroxylation is 2. The van der Waals surface area contributed by atoms with Gasteiger partial charge in [0.2, 0.25) is 0 Å². The number of nitrogens with one attached hydrogen (secondary N) is 1. The number of rotatable bonds is 5. The van der Waals surface area contributed by atoms with Crippen LogP contribution in [-0.4, -0.2) is 21.1 Å². The highest BCUT2D eigenvalue weighted by Gasteiger charge is 2.08. The molecule has 2 aromatic rings. The van der Waals surface area contributed by atoms with E-state index >= 15 is 0 Å². The first-order chi connectivity index (χ1) is 8.69. The van der Waals surface area contributed by atoms with Crippen LogP contribution in [0.3, 0.4) is 0 Å². The first-order valence-electron chi connectivity index (χ1n) is 5.82. The van der Waals surface area contributed by atoms with Crippen LogP contribution in [0.4, 0.5) is 5.00 Å². The van der Waals surface area contributed by atoms with Gasteiger partial charge in [-0.1, -0.05) is 16.3 Å². The third-order valence-electron chi connectivity index (χ3n) is 2.32. The van der Waals surface area contributed by atoms with E-state index in [-0.39, 0.29) is 0 Å². The van der Waals surface area contributed by atoms with Crippen molar-refractivity contribution in [3.63, 3.8) is 0 Å². The second-order valence-electron chi connectivity index (χ2n) is 3.99. The maximum Gasteiger partial charge on any atom is 0.134 e. The third-order valence-corrected chi connectivity index (χ3v) is 3.97. The van der Waals surface area contributed by atoms with Crippen LogP contribution >= 0.6 is 23.3 Å². The van der Waals surface area contributed by atoms with Gasteiger partial charge >= 0.3 is 0 Å². The summed E-state index contributed by atoms with van der Waals surface area (Å²) in [4.78, 5) is 4.51. The summed E-state index contributed by atoms with van der Waals surface area (Å²) in [5.41, 5.74) is 3.31. The van der Waals surface area contributed by atoms with Crippen LogP contribution in [0.2, 0.25) is 0 Å². The fourth-order valence-corrected chi connectivity index (χ4v) is 3.32. The van der Waals surface area contributed by atoms with Crippen LogP contribution in [-0.2, 0) is 5.75 Å². The highest BCUT2D eigenvalue weighted by molar-refractivity contribution is 7.98. The molecule has 0 aliphatic rings. The minimum absolute atomic E-state index is 0.800. The molecule has 4 nitrogen and oxygen atoms in total. The largest absolute Gasteiger partial charge is 0.374 e. The van der Waals surface area contributed by atoms with Gasteiger partial charge < -0.3 is 5.32 Å². The van der Waals surface area contributed by atoms with Crippen molar-refractivity contribution >= 4 is 28.3 Å². The molecule has 0 atom stereocenters. The molecule has 0 aliphatic carbocycles. The summed E-state index contributed by atoms with van der Waals surface area (Å²) in [6.07, 6.45) is 0. The molecular formula is C12H16N4S2. The van der Waals surface area contributed by atoms with Crippen molar-refractivity contribution in [2.24, 2.45) is 0 Å². The Balaban J connectivity index is 2.04. The molecule has 0 spiro atoms. The minimum Gasteiger partial charge on any atom is -0.374 e. The van der Waals surface area contributed by atoms with Crippen molar-refractivity contribution in [2.75, 3.05) is 11.9 Å². The van der Waals surface area contributed by atoms with E-state index in [0.717, 1.165) is 33.7 Å². The number of nitrogens with zero attached hydrogens (tertiary/aromatic N) is 3. The summed E-state index contributed by atoms with van der Waals surface area (Å²) >= 11 is 3.11. The summed E-state index contributed by atoms with van der Waals surface area (Å²) in [6.45, 7) is 7.07. The molecule has 6 heteroatoms. The van der Waals surface area contributed by atoms with E-state index in [1.54, 1.807) is 11.8 Å². The Morgan fingerprint density at radius 1 is 1.33 bits per heavy atom. The molecule has 0 aromatic carbocycles. The number of aromatic nitrogens is 3. The predicted octanol–water partition coefficient (Wildman–Crippen LogP) is 3.27. The van der Waals surface area contributed by atoms with E-state index in [2.05, 4.69) is 45.9 Å². The first-order valence-corrected chi connectivity index (χ1v) is 7.58. The lowest BCUT2D eigenvalue weighted by molar-refractivity contribution is 1.03. The fourth-order valence-electron chi connectivity index (χ4n) is 1.62. The van der Waals surface area contributed by atoms with Crippen LogP contribution in [0, 0.1) is 13.8 Å². The molecule has 0 fully saturated rings. The van der Waals surface area contributed by atoms with Crippen LogP contribution in [0.5, 0.6) is 0 Å². The van der Waals surface area contributed by atoms with Crippen molar-refractivity contribution in [3.05, 3.63) is 29.1 Å². The Hall–Kier alpha value is -1.14. The van der Waals surface area contributed by atoms with Crippen molar-refractivity contribution in [2.45, 2.75) is 31.6 Å².